The van der Waals surface area contributed by atoms with Crippen molar-refractivity contribution in [2.24, 2.45) is 17.8 Å². The second-order valence-corrected chi connectivity index (χ2v) is 10.4. The van der Waals surface area contributed by atoms with Crippen molar-refractivity contribution in [3.8, 4) is 0 Å². The third-order valence-corrected chi connectivity index (χ3v) is 8.45. The second kappa shape index (κ2) is 8.45. The molecule has 0 spiro atoms. The molecule has 168 valence electrons. The summed E-state index contributed by atoms with van der Waals surface area (Å²) in [5, 5.41) is 15.8. The Morgan fingerprint density at radius 2 is 1.81 bits per heavy atom. The lowest BCUT2D eigenvalue weighted by atomic mass is 9.72. The largest absolute Gasteiger partial charge is 0.480 e. The van der Waals surface area contributed by atoms with Gasteiger partial charge in [-0.25, -0.2) is 0 Å². The minimum absolute atomic E-state index is 0.182. The number of nitrogens with zero attached hydrogens (tertiary/aromatic N) is 1. The molecular weight excluding hydrogens is 424 g/mol. The molecule has 0 radical (unpaired) electrons. The zero-order valence-electron chi connectivity index (χ0n) is 17.9. The smallest absolute Gasteiger partial charge is 0.324 e. The van der Waals surface area contributed by atoms with Crippen LogP contribution in [0.4, 0.5) is 0 Å². The monoisotopic (exact) mass is 452 g/mol. The van der Waals surface area contributed by atoms with E-state index in [0.29, 0.717) is 6.42 Å². The summed E-state index contributed by atoms with van der Waals surface area (Å²) in [6.07, 6.45) is 5.71. The number of hydrogen-bond acceptors (Lipinski definition) is 5. The van der Waals surface area contributed by atoms with Crippen LogP contribution in [0.15, 0.2) is 47.8 Å². The number of nitrogens with one attached hydrogen (secondary N) is 1. The van der Waals surface area contributed by atoms with Gasteiger partial charge in [-0.05, 0) is 29.3 Å². The van der Waals surface area contributed by atoms with E-state index in [9.17, 15) is 19.5 Å². The summed E-state index contributed by atoms with van der Waals surface area (Å²) in [5.74, 6) is -2.95. The van der Waals surface area contributed by atoms with Crippen molar-refractivity contribution in [2.45, 2.75) is 56.7 Å². The van der Waals surface area contributed by atoms with Gasteiger partial charge in [0.15, 0.2) is 0 Å². The zero-order valence-corrected chi connectivity index (χ0v) is 18.7. The lowest BCUT2D eigenvalue weighted by molar-refractivity contribution is -0.152. The van der Waals surface area contributed by atoms with Gasteiger partial charge >= 0.3 is 5.97 Å². The van der Waals surface area contributed by atoms with E-state index in [1.165, 1.54) is 22.7 Å². The SMILES string of the molecule is O=C1C2C(c3cccs3)NC(CC3CCCCC3)(C(=O)O)C2C(=O)N1Cc1ccccc1. The quantitative estimate of drug-likeness (QED) is 0.648. The highest BCUT2D eigenvalue weighted by Gasteiger charge is 2.68. The van der Waals surface area contributed by atoms with Gasteiger partial charge < -0.3 is 5.11 Å². The molecule has 7 heteroatoms. The molecule has 1 aromatic carbocycles. The number of amides is 2. The summed E-state index contributed by atoms with van der Waals surface area (Å²) in [7, 11) is 0. The van der Waals surface area contributed by atoms with Gasteiger partial charge in [0.2, 0.25) is 11.8 Å². The van der Waals surface area contributed by atoms with Crippen molar-refractivity contribution in [3.63, 3.8) is 0 Å². The average Bonchev–Trinajstić information content (AvgIpc) is 3.50. The molecule has 2 amide bonds. The van der Waals surface area contributed by atoms with E-state index in [4.69, 9.17) is 0 Å². The maximum Gasteiger partial charge on any atom is 0.324 e. The number of carboxylic acid groups (broad SMARTS) is 1. The fourth-order valence-corrected chi connectivity index (χ4v) is 6.84. The molecule has 1 aromatic heterocycles. The first-order valence-electron chi connectivity index (χ1n) is 11.4. The van der Waals surface area contributed by atoms with Crippen LogP contribution >= 0.6 is 11.3 Å². The molecule has 3 fully saturated rings. The van der Waals surface area contributed by atoms with Crippen LogP contribution < -0.4 is 5.32 Å². The Morgan fingerprint density at radius 1 is 1.06 bits per heavy atom. The molecule has 2 saturated heterocycles. The molecule has 1 saturated carbocycles. The van der Waals surface area contributed by atoms with Crippen molar-refractivity contribution >= 4 is 29.1 Å². The number of likely N-dealkylation sites (tertiary alicyclic amines) is 1. The molecule has 4 unspecified atom stereocenters. The summed E-state index contributed by atoms with van der Waals surface area (Å²) in [6.45, 7) is 0.182. The maximum absolute atomic E-state index is 13.7. The fourth-order valence-electron chi connectivity index (χ4n) is 6.01. The van der Waals surface area contributed by atoms with E-state index in [0.717, 1.165) is 36.1 Å². The van der Waals surface area contributed by atoms with Crippen molar-refractivity contribution < 1.29 is 19.5 Å². The number of fused-ring (bicyclic) bond motifs is 1. The topological polar surface area (TPSA) is 86.7 Å². The van der Waals surface area contributed by atoms with Gasteiger partial charge in [0.1, 0.15) is 5.54 Å². The molecule has 5 rings (SSSR count). The number of carbonyl (C=O) groups is 3. The summed E-state index contributed by atoms with van der Waals surface area (Å²) in [6, 6.07) is 12.8. The Bertz CT molecular complexity index is 1000. The second-order valence-electron chi connectivity index (χ2n) is 9.37. The highest BCUT2D eigenvalue weighted by molar-refractivity contribution is 7.10. The predicted octanol–water partition coefficient (Wildman–Crippen LogP) is 3.99. The Morgan fingerprint density at radius 3 is 2.47 bits per heavy atom. The van der Waals surface area contributed by atoms with Crippen LogP contribution in [0, 0.1) is 17.8 Å². The minimum atomic E-state index is -1.42. The first-order valence-corrected chi connectivity index (χ1v) is 12.3. The number of benzene rings is 1. The lowest BCUT2D eigenvalue weighted by Crippen LogP contribution is -2.56. The third-order valence-electron chi connectivity index (χ3n) is 7.50. The summed E-state index contributed by atoms with van der Waals surface area (Å²) in [4.78, 5) is 42.3. The molecule has 2 N–H and O–H groups in total. The highest BCUT2D eigenvalue weighted by atomic mass is 32.1. The number of hydrogen-bond donors (Lipinski definition) is 2. The molecule has 0 bridgehead atoms. The molecule has 32 heavy (non-hydrogen) atoms. The first-order chi connectivity index (χ1) is 15.5. The van der Waals surface area contributed by atoms with Gasteiger partial charge in [0.05, 0.1) is 24.4 Å². The fraction of sp³-hybridized carbons (Fsp3) is 0.480. The van der Waals surface area contributed by atoms with E-state index >= 15 is 0 Å². The Kier molecular flexibility index (Phi) is 5.63. The molecule has 2 aliphatic heterocycles. The molecule has 2 aromatic rings. The minimum Gasteiger partial charge on any atom is -0.480 e. The van der Waals surface area contributed by atoms with Crippen molar-refractivity contribution in [2.75, 3.05) is 0 Å². The van der Waals surface area contributed by atoms with Gasteiger partial charge in [0, 0.05) is 4.88 Å². The number of carbonyl (C=O) groups excluding carboxylic acids is 2. The van der Waals surface area contributed by atoms with Gasteiger partial charge in [-0.15, -0.1) is 11.3 Å². The van der Waals surface area contributed by atoms with E-state index in [1.54, 1.807) is 0 Å². The third kappa shape index (κ3) is 3.48. The molecule has 3 heterocycles. The predicted molar refractivity (Wildman–Crippen MR) is 121 cm³/mol. The van der Waals surface area contributed by atoms with E-state index in [1.807, 2.05) is 47.8 Å². The normalized spacial score (nSPS) is 30.6. The van der Waals surface area contributed by atoms with Crippen molar-refractivity contribution in [1.29, 1.82) is 0 Å². The number of thiophene rings is 1. The van der Waals surface area contributed by atoms with Crippen molar-refractivity contribution in [3.05, 3.63) is 58.3 Å². The summed E-state index contributed by atoms with van der Waals surface area (Å²) in [5.41, 5.74) is -0.553. The Labute approximate surface area is 191 Å². The number of carboxylic acids is 1. The Hall–Kier alpha value is -2.51. The van der Waals surface area contributed by atoms with Crippen LogP contribution in [0.5, 0.6) is 0 Å². The first kappa shape index (κ1) is 21.3. The molecule has 1 aliphatic carbocycles. The number of aliphatic carboxylic acids is 1. The van der Waals surface area contributed by atoms with Crippen LogP contribution in [0.1, 0.15) is 55.0 Å². The van der Waals surface area contributed by atoms with E-state index in [2.05, 4.69) is 5.32 Å². The van der Waals surface area contributed by atoms with Crippen LogP contribution in [0.25, 0.3) is 0 Å². The average molecular weight is 453 g/mol. The van der Waals surface area contributed by atoms with Crippen LogP contribution in [-0.2, 0) is 20.9 Å². The molecule has 3 aliphatic rings. The maximum atomic E-state index is 13.7. The number of imide groups is 1. The molecule has 4 atom stereocenters. The molecular formula is C25H28N2O4S. The summed E-state index contributed by atoms with van der Waals surface area (Å²) < 4.78 is 0. The van der Waals surface area contributed by atoms with E-state index in [-0.39, 0.29) is 24.3 Å². The lowest BCUT2D eigenvalue weighted by Gasteiger charge is -2.35. The van der Waals surface area contributed by atoms with E-state index < -0.39 is 29.4 Å². The standard InChI is InChI=1S/C25H28N2O4S/c28-22-19-20(23(29)27(22)15-17-10-5-2-6-11-17)25(24(30)31,14-16-8-3-1-4-9-16)26-21(19)18-12-7-13-32-18/h2,5-7,10-13,16,19-21,26H,1,3-4,8-9,14-15H2,(H,30,31). The van der Waals surface area contributed by atoms with Crippen LogP contribution in [0.2, 0.25) is 0 Å². The Balaban J connectivity index is 1.54. The van der Waals surface area contributed by atoms with Gasteiger partial charge in [-0.2, -0.15) is 0 Å². The van der Waals surface area contributed by atoms with Gasteiger partial charge in [-0.1, -0.05) is 68.5 Å². The van der Waals surface area contributed by atoms with Crippen molar-refractivity contribution in [1.82, 2.24) is 10.2 Å². The summed E-state index contributed by atoms with van der Waals surface area (Å²) >= 11 is 1.50. The van der Waals surface area contributed by atoms with Crippen LogP contribution in [0.3, 0.4) is 0 Å². The highest BCUT2D eigenvalue weighted by Crippen LogP contribution is 2.52. The molecule has 6 nitrogen and oxygen atoms in total. The zero-order chi connectivity index (χ0) is 22.3. The van der Waals surface area contributed by atoms with Gasteiger partial charge in [0.25, 0.3) is 0 Å². The number of rotatable bonds is 6. The van der Waals surface area contributed by atoms with Gasteiger partial charge in [-0.3, -0.25) is 24.6 Å². The van der Waals surface area contributed by atoms with Crippen LogP contribution in [-0.4, -0.2) is 33.3 Å².